The van der Waals surface area contributed by atoms with E-state index in [2.05, 4.69) is 139 Å². The molecule has 1 saturated heterocycles. The molecule has 2 atom stereocenters. The van der Waals surface area contributed by atoms with Gasteiger partial charge in [-0.1, -0.05) is 0 Å². The summed E-state index contributed by atoms with van der Waals surface area (Å²) in [5.41, 5.74) is 18.3. The quantitative estimate of drug-likeness (QED) is 0.160. The number of aryl methyl sites for hydroxylation is 2. The van der Waals surface area contributed by atoms with Crippen LogP contribution in [0.15, 0.2) is 96.1 Å². The molecular formula is C44H50Cl2Ti. The van der Waals surface area contributed by atoms with Crippen LogP contribution in [-0.2, 0) is 29.4 Å². The number of hydrogen-bond acceptors (Lipinski definition) is 0. The van der Waals surface area contributed by atoms with Crippen LogP contribution in [-0.4, -0.2) is 0 Å². The van der Waals surface area contributed by atoms with Crippen molar-refractivity contribution in [2.45, 2.75) is 85.1 Å². The van der Waals surface area contributed by atoms with E-state index in [0.717, 1.165) is 12.8 Å². The third-order valence-electron chi connectivity index (χ3n) is 10.9. The smallest absolute Gasteiger partial charge is 1.00 e. The second-order valence-electron chi connectivity index (χ2n) is 15.0. The van der Waals surface area contributed by atoms with E-state index < -0.39 is 16.6 Å². The van der Waals surface area contributed by atoms with Crippen LogP contribution in [0.5, 0.6) is 0 Å². The zero-order valence-electron chi connectivity index (χ0n) is 29.0. The van der Waals surface area contributed by atoms with Gasteiger partial charge in [-0.3, -0.25) is 0 Å². The van der Waals surface area contributed by atoms with Crippen molar-refractivity contribution in [3.63, 3.8) is 0 Å². The van der Waals surface area contributed by atoms with E-state index in [0.29, 0.717) is 20.3 Å². The van der Waals surface area contributed by atoms with Crippen molar-refractivity contribution in [3.8, 4) is 22.3 Å². The van der Waals surface area contributed by atoms with Gasteiger partial charge in [0.2, 0.25) is 0 Å². The summed E-state index contributed by atoms with van der Waals surface area (Å²) >= 11 is -2.47. The maximum absolute atomic E-state index is 2.67. The van der Waals surface area contributed by atoms with E-state index in [9.17, 15) is 0 Å². The average molecular weight is 698 g/mol. The Bertz CT molecular complexity index is 1640. The van der Waals surface area contributed by atoms with E-state index >= 15 is 0 Å². The largest absolute Gasteiger partial charge is 1.00 e. The second-order valence-corrected chi connectivity index (χ2v) is 22.2. The van der Waals surface area contributed by atoms with Gasteiger partial charge in [0.1, 0.15) is 0 Å². The van der Waals surface area contributed by atoms with Crippen molar-refractivity contribution in [2.75, 3.05) is 0 Å². The molecule has 0 amide bonds. The van der Waals surface area contributed by atoms with Crippen molar-refractivity contribution < 1.29 is 41.4 Å². The first-order valence-electron chi connectivity index (χ1n) is 17.7. The van der Waals surface area contributed by atoms with Crippen molar-refractivity contribution in [1.82, 2.24) is 0 Å². The Kier molecular flexibility index (Phi) is 11.2. The number of fused-ring (bicyclic) bond motifs is 2. The summed E-state index contributed by atoms with van der Waals surface area (Å²) in [4.78, 5) is 0. The monoisotopic (exact) mass is 696 g/mol. The fourth-order valence-electron chi connectivity index (χ4n) is 8.81. The molecular weight excluding hydrogens is 647 g/mol. The molecule has 0 bridgehead atoms. The number of allylic oxidation sites excluding steroid dienone is 2. The molecule has 0 N–H and O–H groups in total. The third kappa shape index (κ3) is 6.66. The Hall–Kier alpha value is -2.35. The van der Waals surface area contributed by atoms with Crippen LogP contribution < -0.4 is 24.8 Å². The maximum atomic E-state index is 2.67. The van der Waals surface area contributed by atoms with Gasteiger partial charge in [-0.15, -0.1) is 0 Å². The number of halogens is 2. The van der Waals surface area contributed by atoms with Crippen molar-refractivity contribution in [2.24, 2.45) is 11.8 Å². The van der Waals surface area contributed by atoms with Crippen LogP contribution in [0.1, 0.15) is 96.2 Å². The number of hydrogen-bond donors (Lipinski definition) is 0. The molecule has 244 valence electrons. The minimum absolute atomic E-state index is 0. The van der Waals surface area contributed by atoms with E-state index in [1.165, 1.54) is 66.8 Å². The van der Waals surface area contributed by atoms with Crippen molar-refractivity contribution in [1.29, 1.82) is 0 Å². The standard InChI is InChI=1S/2C21H23.C2H4.2ClH.Ti/c2*1-4-16-8-10-18(11-9-16)20-7-5-6-19-13-17(12-15(2)3)14-21(19)20;1-2;;;/h2*5-11,13-15H,4,12H2,1-3H3;1-2H2;2*1H;/q;;;;;+2/p-2. The molecule has 1 fully saturated rings. The molecule has 0 saturated carbocycles. The molecule has 4 aromatic rings. The predicted octanol–water partition coefficient (Wildman–Crippen LogP) is 6.83. The van der Waals surface area contributed by atoms with Crippen molar-refractivity contribution in [3.05, 3.63) is 129 Å². The van der Waals surface area contributed by atoms with Gasteiger partial charge in [-0.25, -0.2) is 0 Å². The van der Waals surface area contributed by atoms with Crippen LogP contribution in [0.25, 0.3) is 34.4 Å². The second kappa shape index (κ2) is 14.6. The molecule has 4 aromatic carbocycles. The van der Waals surface area contributed by atoms with Crippen LogP contribution in [0.3, 0.4) is 0 Å². The molecule has 3 aliphatic rings. The van der Waals surface area contributed by atoms with Crippen LogP contribution >= 0.6 is 0 Å². The minimum Gasteiger partial charge on any atom is -1.00 e. The first-order valence-corrected chi connectivity index (χ1v) is 21.7. The summed E-state index contributed by atoms with van der Waals surface area (Å²) in [5.74, 6) is 1.33. The Morgan fingerprint density at radius 2 is 0.936 bits per heavy atom. The Labute approximate surface area is 300 Å². The first-order chi connectivity index (χ1) is 21.8. The van der Waals surface area contributed by atoms with E-state index in [-0.39, 0.29) is 24.8 Å². The summed E-state index contributed by atoms with van der Waals surface area (Å²) in [6.07, 6.45) is 9.94. The normalized spacial score (nSPS) is 18.0. The van der Waals surface area contributed by atoms with Gasteiger partial charge >= 0.3 is 277 Å². The fourth-order valence-corrected chi connectivity index (χ4v) is 19.1. The number of rotatable bonds is 10. The zero-order chi connectivity index (χ0) is 31.3. The molecule has 47 heavy (non-hydrogen) atoms. The van der Waals surface area contributed by atoms with Crippen molar-refractivity contribution >= 4 is 12.2 Å². The Morgan fingerprint density at radius 3 is 1.26 bits per heavy atom. The van der Waals surface area contributed by atoms with Gasteiger partial charge in [0.25, 0.3) is 0 Å². The molecule has 2 unspecified atom stereocenters. The van der Waals surface area contributed by atoms with E-state index in [1.54, 1.807) is 22.3 Å². The van der Waals surface area contributed by atoms with Gasteiger partial charge in [-0.05, 0) is 0 Å². The summed E-state index contributed by atoms with van der Waals surface area (Å²) in [6, 6.07) is 33.3. The molecule has 0 aromatic heterocycles. The predicted molar refractivity (Wildman–Crippen MR) is 192 cm³/mol. The van der Waals surface area contributed by atoms with E-state index in [4.69, 9.17) is 0 Å². The summed E-state index contributed by atoms with van der Waals surface area (Å²) < 4.78 is 4.31. The molecule has 1 aliphatic heterocycles. The van der Waals surface area contributed by atoms with Gasteiger partial charge in [0.05, 0.1) is 0 Å². The maximum Gasteiger partial charge on any atom is -1.00 e. The van der Waals surface area contributed by atoms with E-state index in [1.807, 2.05) is 0 Å². The Morgan fingerprint density at radius 1 is 0.553 bits per heavy atom. The molecule has 2 aliphatic carbocycles. The summed E-state index contributed by atoms with van der Waals surface area (Å²) in [6.45, 7) is 14.2. The minimum atomic E-state index is -2.47. The van der Waals surface area contributed by atoms with Gasteiger partial charge in [-0.2, -0.15) is 0 Å². The fraction of sp³-hybridized carbons (Fsp3) is 0.364. The molecule has 0 spiro atoms. The van der Waals surface area contributed by atoms with Crippen LogP contribution in [0.4, 0.5) is 0 Å². The molecule has 0 nitrogen and oxygen atoms in total. The summed E-state index contributed by atoms with van der Waals surface area (Å²) in [7, 11) is 0. The third-order valence-corrected chi connectivity index (χ3v) is 19.2. The van der Waals surface area contributed by atoms with Gasteiger partial charge < -0.3 is 24.8 Å². The van der Waals surface area contributed by atoms with Crippen LogP contribution in [0.2, 0.25) is 9.45 Å². The van der Waals surface area contributed by atoms with Gasteiger partial charge in [0, 0.05) is 0 Å². The average Bonchev–Trinajstić information content (AvgIpc) is 3.60. The molecule has 3 heteroatoms. The zero-order valence-corrected chi connectivity index (χ0v) is 32.1. The molecule has 0 radical (unpaired) electrons. The number of benzene rings is 4. The SMILES string of the molecule is CCc1ccc(-c2cccc3c2C=C(CC(C)C)[CH]3[Ti+2]2([CH]3C(CC(C)C)=Cc4c(-c5ccc(CC)cc5)cccc43)[CH2][CH2]2)cc1.[Cl-].[Cl-]. The molecule has 7 rings (SSSR count). The topological polar surface area (TPSA) is 0 Å². The summed E-state index contributed by atoms with van der Waals surface area (Å²) in [5, 5.41) is 0. The first kappa shape index (κ1) is 35.9. The Balaban J connectivity index is 0.00000217. The molecule has 1 heterocycles. The van der Waals surface area contributed by atoms with Crippen LogP contribution in [0, 0.1) is 11.8 Å². The van der Waals surface area contributed by atoms with Gasteiger partial charge in [0.15, 0.2) is 0 Å².